The molecular weight excluding hydrogens is 210 g/mol. The zero-order valence-corrected chi connectivity index (χ0v) is 10.6. The van der Waals surface area contributed by atoms with Crippen molar-refractivity contribution in [1.29, 1.82) is 0 Å². The molecule has 1 fully saturated rings. The van der Waals surface area contributed by atoms with Crippen molar-refractivity contribution in [3.8, 4) is 5.75 Å². The van der Waals surface area contributed by atoms with Gasteiger partial charge in [0.1, 0.15) is 12.4 Å². The van der Waals surface area contributed by atoms with Crippen LogP contribution >= 0.6 is 0 Å². The maximum Gasteiger partial charge on any atom is 0.119 e. The minimum absolute atomic E-state index is 0.183. The Morgan fingerprint density at radius 1 is 1.18 bits per heavy atom. The summed E-state index contributed by atoms with van der Waals surface area (Å²) in [5.74, 6) is 2.45. The Morgan fingerprint density at radius 2 is 1.82 bits per heavy atom. The topological polar surface area (TPSA) is 35.2 Å². The molecule has 0 spiro atoms. The molecule has 1 saturated carbocycles. The van der Waals surface area contributed by atoms with E-state index < -0.39 is 0 Å². The molecule has 0 heterocycles. The average Bonchev–Trinajstić information content (AvgIpc) is 2.38. The molecule has 1 atom stereocenters. The van der Waals surface area contributed by atoms with Crippen molar-refractivity contribution >= 4 is 0 Å². The number of benzene rings is 1. The molecule has 0 amide bonds. The molecule has 0 saturated heterocycles. The van der Waals surface area contributed by atoms with Gasteiger partial charge in [0.2, 0.25) is 0 Å². The lowest BCUT2D eigenvalue weighted by Gasteiger charge is -2.30. The van der Waals surface area contributed by atoms with Crippen LogP contribution < -0.4 is 10.5 Å². The Kier molecular flexibility index (Phi) is 4.43. The van der Waals surface area contributed by atoms with Gasteiger partial charge in [-0.15, -0.1) is 0 Å². The van der Waals surface area contributed by atoms with Gasteiger partial charge in [-0.25, -0.2) is 0 Å². The third kappa shape index (κ3) is 3.74. The Balaban J connectivity index is 1.75. The second kappa shape index (κ2) is 6.06. The highest BCUT2D eigenvalue weighted by Gasteiger charge is 2.23. The average molecular weight is 233 g/mol. The van der Waals surface area contributed by atoms with Gasteiger partial charge in [0.15, 0.2) is 0 Å². The monoisotopic (exact) mass is 233 g/mol. The molecule has 1 aromatic rings. The zero-order chi connectivity index (χ0) is 12.1. The third-order valence-electron chi connectivity index (χ3n) is 3.85. The van der Waals surface area contributed by atoms with E-state index in [0.29, 0.717) is 12.5 Å². The standard InChI is InChI=1S/C15H23NO/c1-12-7-9-13(10-8-12)15(16)11-17-14-5-3-2-4-6-14/h2-6,12-13,15H,7-11,16H2,1H3. The number of nitrogens with two attached hydrogens (primary N) is 1. The largest absolute Gasteiger partial charge is 0.492 e. The summed E-state index contributed by atoms with van der Waals surface area (Å²) in [6.45, 7) is 2.98. The first kappa shape index (κ1) is 12.4. The maximum atomic E-state index is 6.22. The summed E-state index contributed by atoms with van der Waals surface area (Å²) in [6, 6.07) is 10.1. The van der Waals surface area contributed by atoms with E-state index in [2.05, 4.69) is 6.92 Å². The summed E-state index contributed by atoms with van der Waals surface area (Å²) in [5.41, 5.74) is 6.22. The lowest BCUT2D eigenvalue weighted by molar-refractivity contribution is 0.195. The van der Waals surface area contributed by atoms with Crippen LogP contribution in [0.4, 0.5) is 0 Å². The SMILES string of the molecule is CC1CCC(C(N)COc2ccccc2)CC1. The molecule has 0 aromatic heterocycles. The molecule has 2 nitrogen and oxygen atoms in total. The molecule has 0 aliphatic heterocycles. The van der Waals surface area contributed by atoms with E-state index in [1.807, 2.05) is 30.3 Å². The second-order valence-electron chi connectivity index (χ2n) is 5.31. The summed E-state index contributed by atoms with van der Waals surface area (Å²) >= 11 is 0. The first-order valence-corrected chi connectivity index (χ1v) is 6.69. The van der Waals surface area contributed by atoms with Crippen LogP contribution in [0.2, 0.25) is 0 Å². The zero-order valence-electron chi connectivity index (χ0n) is 10.6. The van der Waals surface area contributed by atoms with Crippen LogP contribution in [0.15, 0.2) is 30.3 Å². The summed E-state index contributed by atoms with van der Waals surface area (Å²) in [6.07, 6.45) is 5.17. The van der Waals surface area contributed by atoms with Crippen LogP contribution in [0.25, 0.3) is 0 Å². The quantitative estimate of drug-likeness (QED) is 0.866. The summed E-state index contributed by atoms with van der Waals surface area (Å²) in [5, 5.41) is 0. The van der Waals surface area contributed by atoms with Crippen molar-refractivity contribution in [3.63, 3.8) is 0 Å². The fraction of sp³-hybridized carbons (Fsp3) is 0.600. The van der Waals surface area contributed by atoms with E-state index >= 15 is 0 Å². The number of hydrogen-bond donors (Lipinski definition) is 1. The Labute approximate surface area is 104 Å². The molecular formula is C15H23NO. The van der Waals surface area contributed by atoms with Crippen molar-refractivity contribution in [2.45, 2.75) is 38.6 Å². The van der Waals surface area contributed by atoms with Gasteiger partial charge < -0.3 is 10.5 Å². The molecule has 1 aliphatic rings. The van der Waals surface area contributed by atoms with Crippen molar-refractivity contribution in [2.24, 2.45) is 17.6 Å². The molecule has 1 aromatic carbocycles. The highest BCUT2D eigenvalue weighted by molar-refractivity contribution is 5.20. The number of para-hydroxylation sites is 1. The van der Waals surface area contributed by atoms with Gasteiger partial charge >= 0.3 is 0 Å². The van der Waals surface area contributed by atoms with Gasteiger partial charge in [-0.1, -0.05) is 38.0 Å². The fourth-order valence-electron chi connectivity index (χ4n) is 2.56. The van der Waals surface area contributed by atoms with E-state index in [-0.39, 0.29) is 6.04 Å². The summed E-state index contributed by atoms with van der Waals surface area (Å²) in [4.78, 5) is 0. The second-order valence-corrected chi connectivity index (χ2v) is 5.31. The number of hydrogen-bond acceptors (Lipinski definition) is 2. The first-order chi connectivity index (χ1) is 8.25. The van der Waals surface area contributed by atoms with E-state index in [9.17, 15) is 0 Å². The van der Waals surface area contributed by atoms with Crippen LogP contribution in [0, 0.1) is 11.8 Å². The predicted molar refractivity (Wildman–Crippen MR) is 71.0 cm³/mol. The van der Waals surface area contributed by atoms with Gasteiger partial charge in [-0.3, -0.25) is 0 Å². The van der Waals surface area contributed by atoms with Crippen molar-refractivity contribution in [3.05, 3.63) is 30.3 Å². The molecule has 1 unspecified atom stereocenters. The summed E-state index contributed by atoms with van der Waals surface area (Å²) in [7, 11) is 0. The molecule has 2 heteroatoms. The van der Waals surface area contributed by atoms with Gasteiger partial charge in [0.05, 0.1) is 0 Å². The highest BCUT2D eigenvalue weighted by atomic mass is 16.5. The lowest BCUT2D eigenvalue weighted by Crippen LogP contribution is -2.37. The molecule has 94 valence electrons. The normalized spacial score (nSPS) is 26.5. The first-order valence-electron chi connectivity index (χ1n) is 6.69. The smallest absolute Gasteiger partial charge is 0.119 e. The predicted octanol–water partition coefficient (Wildman–Crippen LogP) is 3.22. The Morgan fingerprint density at radius 3 is 2.47 bits per heavy atom. The minimum Gasteiger partial charge on any atom is -0.492 e. The number of ether oxygens (including phenoxy) is 1. The Hall–Kier alpha value is -1.02. The molecule has 1 aliphatic carbocycles. The van der Waals surface area contributed by atoms with Gasteiger partial charge in [0, 0.05) is 6.04 Å². The molecule has 17 heavy (non-hydrogen) atoms. The minimum atomic E-state index is 0.183. The Bertz CT molecular complexity index is 317. The summed E-state index contributed by atoms with van der Waals surface area (Å²) < 4.78 is 5.72. The van der Waals surface area contributed by atoms with Crippen LogP contribution in [0.1, 0.15) is 32.6 Å². The van der Waals surface area contributed by atoms with Crippen LogP contribution in [0.5, 0.6) is 5.75 Å². The fourth-order valence-corrected chi connectivity index (χ4v) is 2.56. The van der Waals surface area contributed by atoms with E-state index in [1.54, 1.807) is 0 Å². The van der Waals surface area contributed by atoms with Crippen molar-refractivity contribution < 1.29 is 4.74 Å². The van der Waals surface area contributed by atoms with Crippen LogP contribution in [-0.2, 0) is 0 Å². The van der Waals surface area contributed by atoms with Gasteiger partial charge in [-0.05, 0) is 36.8 Å². The van der Waals surface area contributed by atoms with Gasteiger partial charge in [0.25, 0.3) is 0 Å². The van der Waals surface area contributed by atoms with Crippen molar-refractivity contribution in [1.82, 2.24) is 0 Å². The van der Waals surface area contributed by atoms with Gasteiger partial charge in [-0.2, -0.15) is 0 Å². The van der Waals surface area contributed by atoms with E-state index in [4.69, 9.17) is 10.5 Å². The maximum absolute atomic E-state index is 6.22. The molecule has 2 N–H and O–H groups in total. The number of rotatable bonds is 4. The van der Waals surface area contributed by atoms with Crippen molar-refractivity contribution in [2.75, 3.05) is 6.61 Å². The van der Waals surface area contributed by atoms with E-state index in [1.165, 1.54) is 25.7 Å². The van der Waals surface area contributed by atoms with E-state index in [0.717, 1.165) is 11.7 Å². The lowest BCUT2D eigenvalue weighted by atomic mass is 9.80. The molecule has 2 rings (SSSR count). The van der Waals surface area contributed by atoms with Crippen LogP contribution in [0.3, 0.4) is 0 Å². The van der Waals surface area contributed by atoms with Crippen LogP contribution in [-0.4, -0.2) is 12.6 Å². The third-order valence-corrected chi connectivity index (χ3v) is 3.85. The molecule has 0 radical (unpaired) electrons. The molecule has 0 bridgehead atoms. The highest BCUT2D eigenvalue weighted by Crippen LogP contribution is 2.30.